The summed E-state index contributed by atoms with van der Waals surface area (Å²) in [4.78, 5) is 0. The molecule has 0 saturated carbocycles. The number of hydrogen-bond donors (Lipinski definition) is 0. The SMILES string of the molecule is BrCC/C=C/c1cccc2c1OCC2. The average Bonchev–Trinajstić information content (AvgIpc) is 2.67. The second-order valence-electron chi connectivity index (χ2n) is 3.31. The molecule has 0 N–H and O–H groups in total. The first-order valence-corrected chi connectivity index (χ1v) is 6.01. The van der Waals surface area contributed by atoms with Gasteiger partial charge in [0.15, 0.2) is 0 Å². The molecule has 2 heteroatoms. The van der Waals surface area contributed by atoms with Gasteiger partial charge in [-0.25, -0.2) is 0 Å². The summed E-state index contributed by atoms with van der Waals surface area (Å²) in [6.07, 6.45) is 6.43. The zero-order chi connectivity index (χ0) is 9.80. The minimum atomic E-state index is 0.832. The maximum absolute atomic E-state index is 5.60. The van der Waals surface area contributed by atoms with E-state index in [0.717, 1.165) is 30.5 Å². The topological polar surface area (TPSA) is 9.23 Å². The van der Waals surface area contributed by atoms with Gasteiger partial charge in [0.2, 0.25) is 0 Å². The van der Waals surface area contributed by atoms with E-state index >= 15 is 0 Å². The van der Waals surface area contributed by atoms with Crippen molar-refractivity contribution in [3.63, 3.8) is 0 Å². The Morgan fingerprint density at radius 1 is 1.43 bits per heavy atom. The van der Waals surface area contributed by atoms with Crippen molar-refractivity contribution in [2.75, 3.05) is 11.9 Å². The van der Waals surface area contributed by atoms with Gasteiger partial charge in [-0.05, 0) is 12.0 Å². The van der Waals surface area contributed by atoms with Crippen molar-refractivity contribution in [3.8, 4) is 5.75 Å². The smallest absolute Gasteiger partial charge is 0.129 e. The van der Waals surface area contributed by atoms with Gasteiger partial charge in [-0.1, -0.05) is 46.3 Å². The number of hydrogen-bond acceptors (Lipinski definition) is 1. The van der Waals surface area contributed by atoms with E-state index in [1.165, 1.54) is 11.1 Å². The molecule has 0 bridgehead atoms. The first-order valence-electron chi connectivity index (χ1n) is 4.89. The van der Waals surface area contributed by atoms with Crippen LogP contribution in [0.4, 0.5) is 0 Å². The Balaban J connectivity index is 2.22. The van der Waals surface area contributed by atoms with Gasteiger partial charge in [0.05, 0.1) is 6.61 Å². The van der Waals surface area contributed by atoms with Crippen LogP contribution in [0.3, 0.4) is 0 Å². The van der Waals surface area contributed by atoms with E-state index in [1.54, 1.807) is 0 Å². The van der Waals surface area contributed by atoms with Crippen LogP contribution in [-0.4, -0.2) is 11.9 Å². The van der Waals surface area contributed by atoms with Crippen LogP contribution in [0.25, 0.3) is 6.08 Å². The van der Waals surface area contributed by atoms with E-state index in [4.69, 9.17) is 4.74 Å². The van der Waals surface area contributed by atoms with Gasteiger partial charge >= 0.3 is 0 Å². The Hall–Kier alpha value is -0.760. The van der Waals surface area contributed by atoms with Gasteiger partial charge in [0.1, 0.15) is 5.75 Å². The van der Waals surface area contributed by atoms with Crippen LogP contribution >= 0.6 is 15.9 Å². The summed E-state index contributed by atoms with van der Waals surface area (Å²) in [6.45, 7) is 0.832. The van der Waals surface area contributed by atoms with Gasteiger partial charge in [0.25, 0.3) is 0 Å². The summed E-state index contributed by atoms with van der Waals surface area (Å²) in [5.74, 6) is 1.08. The Bertz CT molecular complexity index is 344. The van der Waals surface area contributed by atoms with Gasteiger partial charge < -0.3 is 4.74 Å². The number of allylic oxidation sites excluding steroid dienone is 1. The Kier molecular flexibility index (Phi) is 3.25. The summed E-state index contributed by atoms with van der Waals surface area (Å²) in [5.41, 5.74) is 2.55. The van der Waals surface area contributed by atoms with E-state index in [-0.39, 0.29) is 0 Å². The normalized spacial score (nSPS) is 14.4. The van der Waals surface area contributed by atoms with Gasteiger partial charge in [0, 0.05) is 17.3 Å². The first kappa shape index (κ1) is 9.78. The molecule has 0 unspecified atom stereocenters. The van der Waals surface area contributed by atoms with Crippen molar-refractivity contribution >= 4 is 22.0 Å². The van der Waals surface area contributed by atoms with Crippen LogP contribution in [0.15, 0.2) is 24.3 Å². The molecule has 0 saturated heterocycles. The molecule has 0 aliphatic carbocycles. The van der Waals surface area contributed by atoms with Crippen molar-refractivity contribution in [1.29, 1.82) is 0 Å². The van der Waals surface area contributed by atoms with Crippen molar-refractivity contribution < 1.29 is 4.74 Å². The van der Waals surface area contributed by atoms with Crippen molar-refractivity contribution in [2.24, 2.45) is 0 Å². The molecule has 0 aromatic heterocycles. The Morgan fingerprint density at radius 3 is 3.21 bits per heavy atom. The van der Waals surface area contributed by atoms with Crippen molar-refractivity contribution in [3.05, 3.63) is 35.4 Å². The molecule has 0 spiro atoms. The van der Waals surface area contributed by atoms with Crippen LogP contribution in [0.5, 0.6) is 5.75 Å². The maximum Gasteiger partial charge on any atom is 0.129 e. The summed E-state index contributed by atoms with van der Waals surface area (Å²) in [7, 11) is 0. The fourth-order valence-corrected chi connectivity index (χ4v) is 1.91. The minimum Gasteiger partial charge on any atom is -0.492 e. The van der Waals surface area contributed by atoms with E-state index in [2.05, 4.69) is 46.3 Å². The van der Waals surface area contributed by atoms with E-state index in [0.29, 0.717) is 0 Å². The second-order valence-corrected chi connectivity index (χ2v) is 4.11. The fraction of sp³-hybridized carbons (Fsp3) is 0.333. The first-order chi connectivity index (χ1) is 6.92. The van der Waals surface area contributed by atoms with Crippen molar-refractivity contribution in [1.82, 2.24) is 0 Å². The van der Waals surface area contributed by atoms with Crippen LogP contribution in [-0.2, 0) is 6.42 Å². The fourth-order valence-electron chi connectivity index (χ4n) is 1.65. The predicted molar refractivity (Wildman–Crippen MR) is 63.1 cm³/mol. The van der Waals surface area contributed by atoms with E-state index in [9.17, 15) is 0 Å². The number of fused-ring (bicyclic) bond motifs is 1. The number of ether oxygens (including phenoxy) is 1. The standard InChI is InChI=1S/C12H13BrO/c13-8-2-1-4-10-5-3-6-11-7-9-14-12(10)11/h1,3-6H,2,7-9H2/b4-1+. The number of para-hydroxylation sites is 1. The van der Waals surface area contributed by atoms with Crippen LogP contribution < -0.4 is 4.74 Å². The lowest BCUT2D eigenvalue weighted by Gasteiger charge is -2.02. The van der Waals surface area contributed by atoms with E-state index in [1.807, 2.05) is 0 Å². The zero-order valence-electron chi connectivity index (χ0n) is 8.00. The molecule has 0 amide bonds. The Morgan fingerprint density at radius 2 is 2.36 bits per heavy atom. The molecular formula is C12H13BrO. The molecule has 1 aromatic rings. The molecule has 2 rings (SSSR count). The quantitative estimate of drug-likeness (QED) is 0.750. The summed E-state index contributed by atoms with van der Waals surface area (Å²) in [6, 6.07) is 6.35. The number of benzene rings is 1. The number of halogens is 1. The summed E-state index contributed by atoms with van der Waals surface area (Å²) < 4.78 is 5.60. The monoisotopic (exact) mass is 252 g/mol. The Labute approximate surface area is 92.9 Å². The van der Waals surface area contributed by atoms with Crippen LogP contribution in [0.1, 0.15) is 17.5 Å². The molecule has 0 atom stereocenters. The highest BCUT2D eigenvalue weighted by Crippen LogP contribution is 2.30. The molecule has 0 fully saturated rings. The molecule has 1 aromatic carbocycles. The van der Waals surface area contributed by atoms with Crippen molar-refractivity contribution in [2.45, 2.75) is 12.8 Å². The summed E-state index contributed by atoms with van der Waals surface area (Å²) in [5, 5.41) is 1.01. The second kappa shape index (κ2) is 4.65. The molecule has 0 radical (unpaired) electrons. The van der Waals surface area contributed by atoms with Gasteiger partial charge in [-0.15, -0.1) is 0 Å². The molecule has 14 heavy (non-hydrogen) atoms. The lowest BCUT2D eigenvalue weighted by molar-refractivity contribution is 0.356. The van der Waals surface area contributed by atoms with E-state index < -0.39 is 0 Å². The lowest BCUT2D eigenvalue weighted by Crippen LogP contribution is -1.87. The maximum atomic E-state index is 5.60. The largest absolute Gasteiger partial charge is 0.492 e. The minimum absolute atomic E-state index is 0.832. The van der Waals surface area contributed by atoms with Crippen LogP contribution in [0, 0.1) is 0 Å². The predicted octanol–water partition coefficient (Wildman–Crippen LogP) is 3.42. The number of rotatable bonds is 3. The van der Waals surface area contributed by atoms with Gasteiger partial charge in [-0.3, -0.25) is 0 Å². The number of alkyl halides is 1. The molecule has 1 aliphatic heterocycles. The highest BCUT2D eigenvalue weighted by Gasteiger charge is 2.13. The molecule has 74 valence electrons. The molecule has 1 heterocycles. The average molecular weight is 253 g/mol. The molecule has 1 aliphatic rings. The summed E-state index contributed by atoms with van der Waals surface area (Å²) >= 11 is 3.40. The third-order valence-corrected chi connectivity index (χ3v) is 2.78. The lowest BCUT2D eigenvalue weighted by atomic mass is 10.1. The highest BCUT2D eigenvalue weighted by molar-refractivity contribution is 9.09. The zero-order valence-corrected chi connectivity index (χ0v) is 9.59. The third-order valence-electron chi connectivity index (χ3n) is 2.32. The molecule has 1 nitrogen and oxygen atoms in total. The van der Waals surface area contributed by atoms with Gasteiger partial charge in [-0.2, -0.15) is 0 Å². The molecular weight excluding hydrogens is 240 g/mol. The highest BCUT2D eigenvalue weighted by atomic mass is 79.9. The third kappa shape index (κ3) is 2.01. The van der Waals surface area contributed by atoms with Crippen LogP contribution in [0.2, 0.25) is 0 Å².